The van der Waals surface area contributed by atoms with E-state index < -0.39 is 0 Å². The zero-order valence-electron chi connectivity index (χ0n) is 17.5. The van der Waals surface area contributed by atoms with Crippen molar-refractivity contribution in [2.24, 2.45) is 0 Å². The highest BCUT2D eigenvalue weighted by Gasteiger charge is 2.24. The maximum absolute atomic E-state index is 12.4. The second-order valence-corrected chi connectivity index (χ2v) is 8.37. The molecule has 2 aromatic heterocycles. The van der Waals surface area contributed by atoms with Crippen molar-refractivity contribution >= 4 is 34.2 Å². The molecule has 1 aliphatic rings. The topological polar surface area (TPSA) is 71.3 Å². The molecule has 162 valence electrons. The third kappa shape index (κ3) is 4.60. The number of nitrogens with zero attached hydrogens (tertiary/aromatic N) is 3. The Labute approximate surface area is 191 Å². The van der Waals surface area contributed by atoms with Gasteiger partial charge in [-0.3, -0.25) is 4.79 Å². The lowest BCUT2D eigenvalue weighted by Crippen LogP contribution is -2.32. The van der Waals surface area contributed by atoms with E-state index in [1.807, 2.05) is 60.7 Å². The predicted octanol–water partition coefficient (Wildman–Crippen LogP) is 5.22. The molecule has 0 aliphatic heterocycles. The van der Waals surface area contributed by atoms with Gasteiger partial charge in [0.15, 0.2) is 5.82 Å². The molecule has 1 aliphatic carbocycles. The van der Waals surface area contributed by atoms with Crippen LogP contribution in [0.25, 0.3) is 22.3 Å². The van der Waals surface area contributed by atoms with Gasteiger partial charge in [0, 0.05) is 30.0 Å². The van der Waals surface area contributed by atoms with Crippen LogP contribution in [0.3, 0.4) is 0 Å². The Morgan fingerprint density at radius 2 is 1.88 bits per heavy atom. The normalized spacial score (nSPS) is 13.3. The molecule has 1 fully saturated rings. The number of aromatic nitrogens is 2. The van der Waals surface area contributed by atoms with E-state index in [1.54, 1.807) is 6.26 Å². The van der Waals surface area contributed by atoms with E-state index in [4.69, 9.17) is 26.0 Å². The molecule has 4 aromatic rings. The number of anilines is 1. The van der Waals surface area contributed by atoms with Gasteiger partial charge in [-0.15, -0.1) is 0 Å². The maximum Gasteiger partial charge on any atom is 0.221 e. The van der Waals surface area contributed by atoms with Crippen molar-refractivity contribution in [3.63, 3.8) is 0 Å². The van der Waals surface area contributed by atoms with Gasteiger partial charge in [-0.25, -0.2) is 9.97 Å². The fourth-order valence-electron chi connectivity index (χ4n) is 3.68. The van der Waals surface area contributed by atoms with Gasteiger partial charge < -0.3 is 14.6 Å². The molecule has 0 atom stereocenters. The van der Waals surface area contributed by atoms with Crippen LogP contribution >= 0.6 is 11.6 Å². The average Bonchev–Trinajstić information content (AvgIpc) is 3.47. The third-order valence-corrected chi connectivity index (χ3v) is 5.81. The first-order valence-corrected chi connectivity index (χ1v) is 11.1. The average molecular weight is 447 g/mol. The highest BCUT2D eigenvalue weighted by molar-refractivity contribution is 6.33. The summed E-state index contributed by atoms with van der Waals surface area (Å²) >= 11 is 6.45. The summed E-state index contributed by atoms with van der Waals surface area (Å²) in [5.41, 5.74) is 1.59. The van der Waals surface area contributed by atoms with Crippen molar-refractivity contribution in [1.82, 2.24) is 15.3 Å². The Bertz CT molecular complexity index is 1240. The van der Waals surface area contributed by atoms with Crippen molar-refractivity contribution in [3.8, 4) is 11.4 Å². The van der Waals surface area contributed by atoms with E-state index in [2.05, 4.69) is 10.2 Å². The summed E-state index contributed by atoms with van der Waals surface area (Å²) in [5, 5.41) is 4.57. The lowest BCUT2D eigenvalue weighted by atomic mass is 10.1. The molecule has 0 saturated heterocycles. The number of fused-ring (bicyclic) bond motifs is 1. The molecule has 0 bridgehead atoms. The number of halogens is 1. The number of carbonyl (C=O) groups is 1. The van der Waals surface area contributed by atoms with Crippen molar-refractivity contribution in [1.29, 1.82) is 0 Å². The minimum absolute atomic E-state index is 0.0571. The van der Waals surface area contributed by atoms with Crippen molar-refractivity contribution in [3.05, 3.63) is 77.7 Å². The molecule has 2 aromatic carbocycles. The van der Waals surface area contributed by atoms with Gasteiger partial charge in [-0.05, 0) is 49.2 Å². The molecule has 1 amide bonds. The van der Waals surface area contributed by atoms with Gasteiger partial charge in [-0.1, -0.05) is 35.9 Å². The highest BCUT2D eigenvalue weighted by Crippen LogP contribution is 2.31. The first kappa shape index (κ1) is 20.5. The summed E-state index contributed by atoms with van der Waals surface area (Å²) in [4.78, 5) is 24.2. The monoisotopic (exact) mass is 446 g/mol. The van der Waals surface area contributed by atoms with Crippen LogP contribution in [0.1, 0.15) is 25.0 Å². The Kier molecular flexibility index (Phi) is 5.77. The van der Waals surface area contributed by atoms with Crippen molar-refractivity contribution in [2.75, 3.05) is 11.4 Å². The number of para-hydroxylation sites is 1. The summed E-state index contributed by atoms with van der Waals surface area (Å²) in [5.74, 6) is 2.16. The molecule has 6 nitrogen and oxygen atoms in total. The smallest absolute Gasteiger partial charge is 0.221 e. The Morgan fingerprint density at radius 1 is 1.06 bits per heavy atom. The number of nitrogens with one attached hydrogen (secondary N) is 1. The molecular formula is C25H23ClN4O2. The minimum Gasteiger partial charge on any atom is -0.467 e. The van der Waals surface area contributed by atoms with E-state index in [1.165, 1.54) is 0 Å². The fraction of sp³-hybridized carbons (Fsp3) is 0.240. The number of rotatable bonds is 8. The van der Waals surface area contributed by atoms with Gasteiger partial charge in [0.2, 0.25) is 5.91 Å². The maximum atomic E-state index is 12.4. The fourth-order valence-corrected chi connectivity index (χ4v) is 3.90. The second kappa shape index (κ2) is 9.01. The largest absolute Gasteiger partial charge is 0.467 e. The van der Waals surface area contributed by atoms with Crippen LogP contribution in [0.15, 0.2) is 71.3 Å². The molecule has 0 radical (unpaired) electrons. The van der Waals surface area contributed by atoms with Gasteiger partial charge in [0.05, 0.1) is 23.3 Å². The molecule has 1 N–H and O–H groups in total. The summed E-state index contributed by atoms with van der Waals surface area (Å²) in [6, 6.07) is 19.6. The number of benzene rings is 2. The second-order valence-electron chi connectivity index (χ2n) is 7.96. The first-order chi connectivity index (χ1) is 15.7. The van der Waals surface area contributed by atoms with Crippen LogP contribution in [-0.4, -0.2) is 28.5 Å². The third-order valence-electron chi connectivity index (χ3n) is 5.48. The zero-order valence-corrected chi connectivity index (χ0v) is 18.3. The highest BCUT2D eigenvalue weighted by atomic mass is 35.5. The molecule has 2 heterocycles. The van der Waals surface area contributed by atoms with Crippen LogP contribution in [0, 0.1) is 0 Å². The van der Waals surface area contributed by atoms with Crippen molar-refractivity contribution in [2.45, 2.75) is 31.8 Å². The number of carbonyl (C=O) groups excluding carboxylic acids is 1. The van der Waals surface area contributed by atoms with E-state index in [9.17, 15) is 4.79 Å². The van der Waals surface area contributed by atoms with Crippen LogP contribution in [0.5, 0.6) is 0 Å². The van der Waals surface area contributed by atoms with Crippen LogP contribution in [0.2, 0.25) is 5.02 Å². The zero-order chi connectivity index (χ0) is 21.9. The molecule has 0 unspecified atom stereocenters. The summed E-state index contributed by atoms with van der Waals surface area (Å²) < 4.78 is 5.61. The predicted molar refractivity (Wildman–Crippen MR) is 126 cm³/mol. The molecule has 7 heteroatoms. The lowest BCUT2D eigenvalue weighted by molar-refractivity contribution is -0.121. The molecule has 0 spiro atoms. The Balaban J connectivity index is 1.55. The van der Waals surface area contributed by atoms with Crippen LogP contribution < -0.4 is 10.2 Å². The Hall–Kier alpha value is -3.38. The number of hydrogen-bond donors (Lipinski definition) is 1. The van der Waals surface area contributed by atoms with E-state index in [-0.39, 0.29) is 5.91 Å². The Morgan fingerprint density at radius 3 is 2.66 bits per heavy atom. The standard InChI is InChI=1S/C25H23ClN4O2/c26-21-9-3-1-7-19(21)24-28-22-10-4-2-8-20(22)25(29-24)30(16-18-6-5-15-32-18)14-13-23(31)27-17-11-12-17/h1-10,15,17H,11-14,16H2,(H,27,31). The van der Waals surface area contributed by atoms with E-state index in [0.717, 1.165) is 40.9 Å². The van der Waals surface area contributed by atoms with Crippen LogP contribution in [0.4, 0.5) is 5.82 Å². The van der Waals surface area contributed by atoms with E-state index >= 15 is 0 Å². The minimum atomic E-state index is 0.0571. The molecule has 1 saturated carbocycles. The quantitative estimate of drug-likeness (QED) is 0.402. The van der Waals surface area contributed by atoms with Crippen molar-refractivity contribution < 1.29 is 9.21 Å². The van der Waals surface area contributed by atoms with E-state index in [0.29, 0.717) is 36.4 Å². The number of furan rings is 1. The van der Waals surface area contributed by atoms with Gasteiger partial charge in [-0.2, -0.15) is 0 Å². The molecule has 32 heavy (non-hydrogen) atoms. The van der Waals surface area contributed by atoms with Gasteiger partial charge in [0.1, 0.15) is 11.6 Å². The number of amides is 1. The summed E-state index contributed by atoms with van der Waals surface area (Å²) in [6.45, 7) is 0.995. The summed E-state index contributed by atoms with van der Waals surface area (Å²) in [6.07, 6.45) is 4.16. The lowest BCUT2D eigenvalue weighted by Gasteiger charge is -2.24. The van der Waals surface area contributed by atoms with Gasteiger partial charge >= 0.3 is 0 Å². The first-order valence-electron chi connectivity index (χ1n) is 10.8. The van der Waals surface area contributed by atoms with Gasteiger partial charge in [0.25, 0.3) is 0 Å². The molecule has 5 rings (SSSR count). The summed E-state index contributed by atoms with van der Waals surface area (Å²) in [7, 11) is 0. The number of hydrogen-bond acceptors (Lipinski definition) is 5. The SMILES string of the molecule is O=C(CCN(Cc1ccco1)c1nc(-c2ccccc2Cl)nc2ccccc12)NC1CC1. The molecular weight excluding hydrogens is 424 g/mol. The van der Waals surface area contributed by atoms with Crippen LogP contribution in [-0.2, 0) is 11.3 Å².